The summed E-state index contributed by atoms with van der Waals surface area (Å²) in [5.74, 6) is 4.24. The molecule has 3 fully saturated rings. The fourth-order valence-corrected chi connectivity index (χ4v) is 6.14. The molecule has 3 rings (SSSR count). The molecule has 128 valence electrons. The molecule has 3 saturated carbocycles. The van der Waals surface area contributed by atoms with Crippen molar-refractivity contribution in [2.45, 2.75) is 110 Å². The van der Waals surface area contributed by atoms with Crippen molar-refractivity contribution in [1.82, 2.24) is 0 Å². The second kappa shape index (κ2) is 7.71. The van der Waals surface area contributed by atoms with Gasteiger partial charge in [0.2, 0.25) is 0 Å². The lowest BCUT2D eigenvalue weighted by atomic mass is 9.71. The molecule has 3 aliphatic rings. The lowest BCUT2D eigenvalue weighted by Crippen LogP contribution is -2.24. The summed E-state index contributed by atoms with van der Waals surface area (Å²) in [5, 5.41) is 0. The van der Waals surface area contributed by atoms with Crippen molar-refractivity contribution < 1.29 is 0 Å². The number of hydrogen-bond donors (Lipinski definition) is 0. The Morgan fingerprint density at radius 1 is 0.818 bits per heavy atom. The Bertz CT molecular complexity index is 313. The quantitative estimate of drug-likeness (QED) is 0.460. The molecule has 0 aliphatic heterocycles. The molecule has 0 aromatic rings. The first-order chi connectivity index (χ1) is 10.7. The Kier molecular flexibility index (Phi) is 5.91. The molecule has 2 atom stereocenters. The highest BCUT2D eigenvalue weighted by atomic mass is 14.4. The van der Waals surface area contributed by atoms with Gasteiger partial charge in [0.15, 0.2) is 0 Å². The van der Waals surface area contributed by atoms with Crippen molar-refractivity contribution in [1.29, 1.82) is 0 Å². The highest BCUT2D eigenvalue weighted by Gasteiger charge is 2.35. The summed E-state index contributed by atoms with van der Waals surface area (Å²) >= 11 is 0. The minimum Gasteiger partial charge on any atom is -0.0620 e. The van der Waals surface area contributed by atoms with Crippen LogP contribution in [0.4, 0.5) is 0 Å². The van der Waals surface area contributed by atoms with Gasteiger partial charge in [-0.1, -0.05) is 78.1 Å². The lowest BCUT2D eigenvalue weighted by Gasteiger charge is -2.34. The molecule has 0 amide bonds. The maximum absolute atomic E-state index is 2.59. The molecule has 3 aliphatic carbocycles. The predicted molar refractivity (Wildman–Crippen MR) is 97.0 cm³/mol. The van der Waals surface area contributed by atoms with E-state index in [1.54, 1.807) is 38.5 Å². The van der Waals surface area contributed by atoms with Gasteiger partial charge in [0, 0.05) is 0 Å². The van der Waals surface area contributed by atoms with Crippen LogP contribution in [0.25, 0.3) is 0 Å². The molecule has 0 aromatic carbocycles. The fourth-order valence-electron chi connectivity index (χ4n) is 6.14. The monoisotopic (exact) mass is 304 g/mol. The topological polar surface area (TPSA) is 0 Å². The summed E-state index contributed by atoms with van der Waals surface area (Å²) in [5.41, 5.74) is 0.688. The third kappa shape index (κ3) is 4.09. The van der Waals surface area contributed by atoms with Gasteiger partial charge in [-0.25, -0.2) is 0 Å². The third-order valence-corrected chi connectivity index (χ3v) is 8.08. The molecular formula is C22H40. The summed E-state index contributed by atoms with van der Waals surface area (Å²) in [6, 6.07) is 0. The normalized spacial score (nSPS) is 29.2. The second-order valence-electron chi connectivity index (χ2n) is 9.53. The minimum absolute atomic E-state index is 0.688. The number of rotatable bonds is 7. The Balaban J connectivity index is 1.52. The van der Waals surface area contributed by atoms with E-state index < -0.39 is 0 Å². The van der Waals surface area contributed by atoms with Crippen LogP contribution in [0.5, 0.6) is 0 Å². The van der Waals surface area contributed by atoms with E-state index in [0.29, 0.717) is 5.41 Å². The van der Waals surface area contributed by atoms with Crippen LogP contribution in [0, 0.1) is 29.1 Å². The van der Waals surface area contributed by atoms with E-state index in [1.165, 1.54) is 57.8 Å². The van der Waals surface area contributed by atoms with E-state index in [2.05, 4.69) is 13.8 Å². The van der Waals surface area contributed by atoms with Gasteiger partial charge < -0.3 is 0 Å². The molecule has 0 heterocycles. The maximum atomic E-state index is 2.59. The van der Waals surface area contributed by atoms with E-state index in [1.807, 2.05) is 0 Å². The third-order valence-electron chi connectivity index (χ3n) is 8.08. The summed E-state index contributed by atoms with van der Waals surface area (Å²) in [4.78, 5) is 0. The van der Waals surface area contributed by atoms with Crippen LogP contribution in [0.1, 0.15) is 110 Å². The average Bonchev–Trinajstić information content (AvgIpc) is 3.25. The van der Waals surface area contributed by atoms with Crippen LogP contribution in [-0.4, -0.2) is 0 Å². The van der Waals surface area contributed by atoms with Crippen LogP contribution in [-0.2, 0) is 0 Å². The van der Waals surface area contributed by atoms with E-state index >= 15 is 0 Å². The van der Waals surface area contributed by atoms with Gasteiger partial charge >= 0.3 is 0 Å². The van der Waals surface area contributed by atoms with E-state index in [-0.39, 0.29) is 0 Å². The standard InChI is InChI=1S/C22H40/c1-18(22(2)15-7-8-16-22)13-14-21(20-11-5-6-12-20)17-19-9-3-4-10-19/h18-21H,3-17H2,1-2H3. The maximum Gasteiger partial charge on any atom is -0.0300 e. The highest BCUT2D eigenvalue weighted by Crippen LogP contribution is 2.47. The van der Waals surface area contributed by atoms with Crippen molar-refractivity contribution in [2.75, 3.05) is 0 Å². The predicted octanol–water partition coefficient (Wildman–Crippen LogP) is 7.37. The van der Waals surface area contributed by atoms with E-state index in [0.717, 1.165) is 23.7 Å². The van der Waals surface area contributed by atoms with Gasteiger partial charge in [0.25, 0.3) is 0 Å². The lowest BCUT2D eigenvalue weighted by molar-refractivity contribution is 0.166. The van der Waals surface area contributed by atoms with Crippen molar-refractivity contribution in [2.24, 2.45) is 29.1 Å². The van der Waals surface area contributed by atoms with E-state index in [9.17, 15) is 0 Å². The van der Waals surface area contributed by atoms with Crippen LogP contribution in [0.15, 0.2) is 0 Å². The Labute approximate surface area is 139 Å². The average molecular weight is 305 g/mol. The smallest absolute Gasteiger partial charge is 0.0300 e. The van der Waals surface area contributed by atoms with Crippen molar-refractivity contribution in [3.05, 3.63) is 0 Å². The van der Waals surface area contributed by atoms with Crippen LogP contribution >= 0.6 is 0 Å². The molecule has 22 heavy (non-hydrogen) atoms. The van der Waals surface area contributed by atoms with Crippen LogP contribution < -0.4 is 0 Å². The van der Waals surface area contributed by atoms with Gasteiger partial charge in [-0.2, -0.15) is 0 Å². The van der Waals surface area contributed by atoms with Crippen LogP contribution in [0.2, 0.25) is 0 Å². The molecule has 0 spiro atoms. The zero-order valence-corrected chi connectivity index (χ0v) is 15.4. The highest BCUT2D eigenvalue weighted by molar-refractivity contribution is 4.86. The molecule has 0 radical (unpaired) electrons. The van der Waals surface area contributed by atoms with Crippen molar-refractivity contribution >= 4 is 0 Å². The Morgan fingerprint density at radius 2 is 1.41 bits per heavy atom. The fraction of sp³-hybridized carbons (Fsp3) is 1.00. The summed E-state index contributed by atoms with van der Waals surface area (Å²) < 4.78 is 0. The largest absolute Gasteiger partial charge is 0.0620 e. The van der Waals surface area contributed by atoms with Gasteiger partial charge in [-0.05, 0) is 61.2 Å². The zero-order valence-electron chi connectivity index (χ0n) is 15.4. The van der Waals surface area contributed by atoms with Gasteiger partial charge in [-0.15, -0.1) is 0 Å². The van der Waals surface area contributed by atoms with Crippen molar-refractivity contribution in [3.8, 4) is 0 Å². The molecule has 0 aromatic heterocycles. The minimum atomic E-state index is 0.688. The first-order valence-corrected chi connectivity index (χ1v) is 10.7. The molecule has 0 nitrogen and oxygen atoms in total. The Morgan fingerprint density at radius 3 is 2.05 bits per heavy atom. The first-order valence-electron chi connectivity index (χ1n) is 10.7. The first kappa shape index (κ1) is 16.8. The number of hydrogen-bond acceptors (Lipinski definition) is 0. The molecular weight excluding hydrogens is 264 g/mol. The Hall–Kier alpha value is 0. The van der Waals surface area contributed by atoms with Gasteiger partial charge in [-0.3, -0.25) is 0 Å². The SMILES string of the molecule is CC(CCC(CC1CCCC1)C1CCCC1)C1(C)CCCC1. The van der Waals surface area contributed by atoms with Crippen molar-refractivity contribution in [3.63, 3.8) is 0 Å². The second-order valence-corrected chi connectivity index (χ2v) is 9.53. The van der Waals surface area contributed by atoms with Crippen LogP contribution in [0.3, 0.4) is 0 Å². The zero-order chi connectivity index (χ0) is 15.4. The summed E-state index contributed by atoms with van der Waals surface area (Å²) in [6.07, 6.45) is 23.0. The molecule has 0 N–H and O–H groups in total. The van der Waals surface area contributed by atoms with Gasteiger partial charge in [0.1, 0.15) is 0 Å². The molecule has 2 unspecified atom stereocenters. The van der Waals surface area contributed by atoms with Gasteiger partial charge in [0.05, 0.1) is 0 Å². The summed E-state index contributed by atoms with van der Waals surface area (Å²) in [6.45, 7) is 5.17. The van der Waals surface area contributed by atoms with E-state index in [4.69, 9.17) is 0 Å². The molecule has 0 bridgehead atoms. The summed E-state index contributed by atoms with van der Waals surface area (Å²) in [7, 11) is 0. The molecule has 0 heteroatoms. The molecule has 0 saturated heterocycles.